The van der Waals surface area contributed by atoms with Gasteiger partial charge in [-0.2, -0.15) is 0 Å². The fourth-order valence-electron chi connectivity index (χ4n) is 2.15. The minimum atomic E-state index is -0.168. The van der Waals surface area contributed by atoms with Gasteiger partial charge in [-0.25, -0.2) is 0 Å². The second-order valence-electron chi connectivity index (χ2n) is 4.81. The van der Waals surface area contributed by atoms with Gasteiger partial charge in [-0.1, -0.05) is 13.8 Å². The average molecular weight is 187 g/mol. The van der Waals surface area contributed by atoms with Crippen molar-refractivity contribution in [3.8, 4) is 0 Å². The minimum absolute atomic E-state index is 0.168. The summed E-state index contributed by atoms with van der Waals surface area (Å²) in [7, 11) is 0. The molecule has 0 bridgehead atoms. The molecule has 3 nitrogen and oxygen atoms in total. The number of aliphatic hydroxyl groups excluding tert-OH is 2. The highest BCUT2D eigenvalue weighted by atomic mass is 16.3. The van der Waals surface area contributed by atoms with E-state index in [1.165, 1.54) is 0 Å². The molecule has 0 aromatic rings. The van der Waals surface area contributed by atoms with Crippen molar-refractivity contribution in [3.63, 3.8) is 0 Å². The van der Waals surface area contributed by atoms with Crippen molar-refractivity contribution in [2.75, 3.05) is 26.2 Å². The molecule has 1 atom stereocenters. The van der Waals surface area contributed by atoms with Crippen LogP contribution in [0.4, 0.5) is 0 Å². The summed E-state index contributed by atoms with van der Waals surface area (Å²) in [6.07, 6.45) is 1.54. The lowest BCUT2D eigenvalue weighted by Crippen LogP contribution is -2.34. The van der Waals surface area contributed by atoms with Crippen LogP contribution in [0.5, 0.6) is 0 Å². The zero-order valence-corrected chi connectivity index (χ0v) is 8.66. The van der Waals surface area contributed by atoms with Crippen LogP contribution in [0.1, 0.15) is 26.7 Å². The molecule has 0 spiro atoms. The molecule has 0 aliphatic carbocycles. The molecule has 1 heterocycles. The Hall–Kier alpha value is -0.120. The van der Waals surface area contributed by atoms with Crippen molar-refractivity contribution >= 4 is 0 Å². The number of hydrogen-bond acceptors (Lipinski definition) is 3. The maximum atomic E-state index is 9.62. The second-order valence-corrected chi connectivity index (χ2v) is 4.81. The van der Waals surface area contributed by atoms with Crippen molar-refractivity contribution in [2.24, 2.45) is 5.41 Å². The normalized spacial score (nSPS) is 30.0. The Morgan fingerprint density at radius 1 is 1.46 bits per heavy atom. The van der Waals surface area contributed by atoms with Crippen LogP contribution in [0.25, 0.3) is 0 Å². The van der Waals surface area contributed by atoms with Gasteiger partial charge in [0, 0.05) is 19.6 Å². The molecule has 2 N–H and O–H groups in total. The van der Waals surface area contributed by atoms with Crippen molar-refractivity contribution in [2.45, 2.75) is 32.8 Å². The molecule has 1 rings (SSSR count). The van der Waals surface area contributed by atoms with Gasteiger partial charge in [0.25, 0.3) is 0 Å². The van der Waals surface area contributed by atoms with Crippen molar-refractivity contribution < 1.29 is 10.2 Å². The number of aliphatic hydroxyl groups is 2. The third kappa shape index (κ3) is 3.63. The summed E-state index contributed by atoms with van der Waals surface area (Å²) < 4.78 is 0. The van der Waals surface area contributed by atoms with Crippen molar-refractivity contribution in [1.82, 2.24) is 4.90 Å². The smallest absolute Gasteiger partial charge is 0.0558 e. The molecule has 0 aromatic carbocycles. The highest BCUT2D eigenvalue weighted by molar-refractivity contribution is 4.81. The molecule has 1 aliphatic rings. The number of rotatable bonds is 2. The zero-order chi connectivity index (χ0) is 9.90. The van der Waals surface area contributed by atoms with Crippen LogP contribution in [0.15, 0.2) is 0 Å². The summed E-state index contributed by atoms with van der Waals surface area (Å²) in [4.78, 5) is 2.23. The Morgan fingerprint density at radius 2 is 2.15 bits per heavy atom. The summed E-state index contributed by atoms with van der Waals surface area (Å²) in [5.41, 5.74) is 0.172. The quantitative estimate of drug-likeness (QED) is 0.660. The van der Waals surface area contributed by atoms with Gasteiger partial charge in [-0.15, -0.1) is 0 Å². The maximum absolute atomic E-state index is 9.62. The standard InChI is InChI=1S/C10H21NO2/c1-10(2)7-9(13)3-4-11(8-10)5-6-12/h9,12-13H,3-8H2,1-2H3. The molecule has 13 heavy (non-hydrogen) atoms. The van der Waals surface area contributed by atoms with Gasteiger partial charge in [-0.3, -0.25) is 0 Å². The van der Waals surface area contributed by atoms with Gasteiger partial charge in [0.2, 0.25) is 0 Å². The molecule has 1 fully saturated rings. The largest absolute Gasteiger partial charge is 0.395 e. The van der Waals surface area contributed by atoms with Gasteiger partial charge in [0.1, 0.15) is 0 Å². The Morgan fingerprint density at radius 3 is 2.77 bits per heavy atom. The van der Waals surface area contributed by atoms with E-state index in [2.05, 4.69) is 18.7 Å². The van der Waals surface area contributed by atoms with Gasteiger partial charge in [-0.05, 0) is 18.3 Å². The van der Waals surface area contributed by atoms with E-state index in [0.29, 0.717) is 0 Å². The third-order valence-electron chi connectivity index (χ3n) is 2.63. The fourth-order valence-corrected chi connectivity index (χ4v) is 2.15. The van der Waals surface area contributed by atoms with E-state index in [9.17, 15) is 5.11 Å². The number of nitrogens with zero attached hydrogens (tertiary/aromatic N) is 1. The topological polar surface area (TPSA) is 43.7 Å². The van der Waals surface area contributed by atoms with E-state index in [1.54, 1.807) is 0 Å². The maximum Gasteiger partial charge on any atom is 0.0558 e. The predicted octanol–water partition coefficient (Wildman–Crippen LogP) is 0.462. The van der Waals surface area contributed by atoms with Crippen LogP contribution < -0.4 is 0 Å². The Labute approximate surface area is 80.4 Å². The van der Waals surface area contributed by atoms with Crippen LogP contribution in [-0.2, 0) is 0 Å². The first-order valence-electron chi connectivity index (χ1n) is 5.05. The van der Waals surface area contributed by atoms with Crippen molar-refractivity contribution in [3.05, 3.63) is 0 Å². The van der Waals surface area contributed by atoms with Gasteiger partial charge in [0.15, 0.2) is 0 Å². The molecule has 3 heteroatoms. The average Bonchev–Trinajstić information content (AvgIpc) is 2.09. The summed E-state index contributed by atoms with van der Waals surface area (Å²) in [5.74, 6) is 0. The Kier molecular flexibility index (Phi) is 3.71. The van der Waals surface area contributed by atoms with E-state index in [-0.39, 0.29) is 18.1 Å². The van der Waals surface area contributed by atoms with Crippen LogP contribution in [0, 0.1) is 5.41 Å². The molecule has 0 amide bonds. The zero-order valence-electron chi connectivity index (χ0n) is 8.66. The van der Waals surface area contributed by atoms with E-state index in [1.807, 2.05) is 0 Å². The van der Waals surface area contributed by atoms with E-state index in [0.717, 1.165) is 32.5 Å². The molecule has 78 valence electrons. The number of likely N-dealkylation sites (tertiary alicyclic amines) is 1. The summed E-state index contributed by atoms with van der Waals surface area (Å²) in [6, 6.07) is 0. The Bertz CT molecular complexity index is 159. The minimum Gasteiger partial charge on any atom is -0.395 e. The first-order valence-corrected chi connectivity index (χ1v) is 5.05. The van der Waals surface area contributed by atoms with Crippen LogP contribution >= 0.6 is 0 Å². The molecule has 1 aliphatic heterocycles. The summed E-state index contributed by atoms with van der Waals surface area (Å²) in [6.45, 7) is 7.18. The monoisotopic (exact) mass is 187 g/mol. The van der Waals surface area contributed by atoms with E-state index >= 15 is 0 Å². The van der Waals surface area contributed by atoms with Gasteiger partial charge in [0.05, 0.1) is 12.7 Å². The van der Waals surface area contributed by atoms with Crippen LogP contribution in [-0.4, -0.2) is 47.5 Å². The molecule has 0 aromatic heterocycles. The highest BCUT2D eigenvalue weighted by Crippen LogP contribution is 2.27. The third-order valence-corrected chi connectivity index (χ3v) is 2.63. The lowest BCUT2D eigenvalue weighted by molar-refractivity contribution is 0.120. The summed E-state index contributed by atoms with van der Waals surface area (Å²) >= 11 is 0. The van der Waals surface area contributed by atoms with Crippen LogP contribution in [0.2, 0.25) is 0 Å². The molecule has 1 unspecified atom stereocenters. The van der Waals surface area contributed by atoms with E-state index in [4.69, 9.17) is 5.11 Å². The number of hydrogen-bond donors (Lipinski definition) is 2. The lowest BCUT2D eigenvalue weighted by Gasteiger charge is -2.29. The first kappa shape index (κ1) is 11.0. The first-order chi connectivity index (χ1) is 6.03. The van der Waals surface area contributed by atoms with Gasteiger partial charge >= 0.3 is 0 Å². The fraction of sp³-hybridized carbons (Fsp3) is 1.00. The molecular formula is C10H21NO2. The molecule has 0 radical (unpaired) electrons. The Balaban J connectivity index is 2.52. The molecule has 1 saturated heterocycles. The second kappa shape index (κ2) is 4.40. The van der Waals surface area contributed by atoms with Crippen LogP contribution in [0.3, 0.4) is 0 Å². The van der Waals surface area contributed by atoms with E-state index < -0.39 is 0 Å². The van der Waals surface area contributed by atoms with Gasteiger partial charge < -0.3 is 15.1 Å². The highest BCUT2D eigenvalue weighted by Gasteiger charge is 2.28. The predicted molar refractivity (Wildman–Crippen MR) is 52.5 cm³/mol. The SMILES string of the molecule is CC1(C)CC(O)CCN(CCO)C1. The number of β-amino-alcohol motifs (C(OH)–C–C–N with tert-alkyl or cyclic N) is 1. The lowest BCUT2D eigenvalue weighted by atomic mass is 9.87. The molecular weight excluding hydrogens is 166 g/mol. The molecule has 0 saturated carbocycles. The summed E-state index contributed by atoms with van der Waals surface area (Å²) in [5, 5.41) is 18.5. The van der Waals surface area contributed by atoms with Crippen molar-refractivity contribution in [1.29, 1.82) is 0 Å².